The van der Waals surface area contributed by atoms with Gasteiger partial charge in [0.15, 0.2) is 0 Å². The number of hydrogen-bond acceptors (Lipinski definition) is 0. The van der Waals surface area contributed by atoms with Gasteiger partial charge in [-0.1, -0.05) is 25.7 Å². The maximum atomic E-state index is 2.36. The van der Waals surface area contributed by atoms with Crippen LogP contribution in [0.1, 0.15) is 92.9 Å². The predicted molar refractivity (Wildman–Crippen MR) is 110 cm³/mol. The number of nitrogens with zero attached hydrogens (tertiary/aromatic N) is 2. The molecule has 4 heteroatoms. The Morgan fingerprint density at radius 3 is 0.731 bits per heavy atom. The molecule has 0 N–H and O–H groups in total. The molecule has 0 amide bonds. The third-order valence-electron chi connectivity index (χ3n) is 7.04. The van der Waals surface area contributed by atoms with E-state index in [4.69, 9.17) is 0 Å². The third-order valence-corrected chi connectivity index (χ3v) is 7.04. The van der Waals surface area contributed by atoms with Crippen molar-refractivity contribution >= 4 is 0 Å². The molecule has 0 bridgehead atoms. The molecule has 26 heavy (non-hydrogen) atoms. The zero-order valence-corrected chi connectivity index (χ0v) is 20.5. The maximum Gasteiger partial charge on any atom is 0.0786 e. The van der Waals surface area contributed by atoms with Crippen LogP contribution in [0.25, 0.3) is 0 Å². The topological polar surface area (TPSA) is 0 Å². The van der Waals surface area contributed by atoms with E-state index in [0.717, 1.165) is 0 Å². The van der Waals surface area contributed by atoms with E-state index in [1.165, 1.54) is 113 Å². The van der Waals surface area contributed by atoms with Gasteiger partial charge < -0.3 is 33.8 Å². The molecule has 0 saturated carbocycles. The number of halogens is 2. The van der Waals surface area contributed by atoms with Crippen LogP contribution in [-0.4, -0.2) is 61.3 Å². The summed E-state index contributed by atoms with van der Waals surface area (Å²) in [6, 6.07) is 0. The van der Waals surface area contributed by atoms with Crippen molar-refractivity contribution in [3.8, 4) is 0 Å². The van der Waals surface area contributed by atoms with Gasteiger partial charge >= 0.3 is 0 Å². The second-order valence-corrected chi connectivity index (χ2v) is 7.86. The Hall–Kier alpha value is 0.500. The lowest BCUT2D eigenvalue weighted by molar-refractivity contribution is -0.923. The monoisotopic (exact) mass is 412 g/mol. The fourth-order valence-corrected chi connectivity index (χ4v) is 4.25. The van der Waals surface area contributed by atoms with Crippen molar-refractivity contribution < 1.29 is 33.8 Å². The maximum absolute atomic E-state index is 2.36. The van der Waals surface area contributed by atoms with E-state index in [1.807, 2.05) is 0 Å². The molecular weight excluding hydrogens is 363 g/mol. The Labute approximate surface area is 179 Å². The van der Waals surface area contributed by atoms with Gasteiger partial charge in [-0.05, 0) is 67.2 Å². The molecule has 0 aromatic rings. The van der Waals surface area contributed by atoms with E-state index in [9.17, 15) is 0 Å². The number of rotatable bonds is 17. The Balaban J connectivity index is -0.00000264. The minimum absolute atomic E-state index is 0. The summed E-state index contributed by atoms with van der Waals surface area (Å²) in [5.74, 6) is 0. The van der Waals surface area contributed by atoms with Gasteiger partial charge in [0.2, 0.25) is 0 Å². The van der Waals surface area contributed by atoms with E-state index < -0.39 is 0 Å². The van der Waals surface area contributed by atoms with Gasteiger partial charge in [0, 0.05) is 0 Å². The molecule has 0 aliphatic carbocycles. The van der Waals surface area contributed by atoms with Crippen LogP contribution in [0.15, 0.2) is 0 Å². The minimum atomic E-state index is 0. The summed E-state index contributed by atoms with van der Waals surface area (Å²) in [4.78, 5) is 0. The van der Waals surface area contributed by atoms with Gasteiger partial charge in [0.05, 0.1) is 52.4 Å². The van der Waals surface area contributed by atoms with E-state index in [2.05, 4.69) is 41.5 Å². The minimum Gasteiger partial charge on any atom is -1.00 e. The van der Waals surface area contributed by atoms with E-state index in [0.29, 0.717) is 0 Å². The summed E-state index contributed by atoms with van der Waals surface area (Å²) >= 11 is 0. The highest BCUT2D eigenvalue weighted by Gasteiger charge is 2.20. The number of hydrogen-bond donors (Lipinski definition) is 0. The Bertz CT molecular complexity index is 233. The molecule has 0 spiro atoms. The molecule has 0 unspecified atom stereocenters. The predicted octanol–water partition coefficient (Wildman–Crippen LogP) is -0.132. The Morgan fingerprint density at radius 2 is 0.538 bits per heavy atom. The van der Waals surface area contributed by atoms with Gasteiger partial charge in [-0.3, -0.25) is 0 Å². The molecule has 0 aromatic heterocycles. The van der Waals surface area contributed by atoms with Crippen molar-refractivity contribution in [1.82, 2.24) is 0 Å². The Kier molecular flexibility index (Phi) is 22.6. The summed E-state index contributed by atoms with van der Waals surface area (Å²) in [5, 5.41) is 0. The van der Waals surface area contributed by atoms with Crippen LogP contribution in [0.4, 0.5) is 0 Å². The average Bonchev–Trinajstić information content (AvgIpc) is 2.64. The summed E-state index contributed by atoms with van der Waals surface area (Å²) in [6.45, 7) is 24.8. The fourth-order valence-electron chi connectivity index (χ4n) is 4.25. The molecule has 2 nitrogen and oxygen atoms in total. The van der Waals surface area contributed by atoms with Crippen molar-refractivity contribution in [3.05, 3.63) is 0 Å². The largest absolute Gasteiger partial charge is 1.00 e. The summed E-state index contributed by atoms with van der Waals surface area (Å²) in [5.41, 5.74) is 0. The lowest BCUT2D eigenvalue weighted by Gasteiger charge is -2.36. The molecule has 0 aromatic carbocycles. The molecular formula is C22H50Cl2N2. The van der Waals surface area contributed by atoms with Crippen LogP contribution in [-0.2, 0) is 0 Å². The van der Waals surface area contributed by atoms with Crippen molar-refractivity contribution in [1.29, 1.82) is 0 Å². The normalized spacial score (nSPS) is 11.8. The molecule has 162 valence electrons. The number of quaternary nitrogens is 2. The highest BCUT2D eigenvalue weighted by molar-refractivity contribution is 4.49. The SMILES string of the molecule is CC[N+](CC)(CC)CCCCCCCCCC[N+](CC)(CC)CC.[Cl-].[Cl-]. The van der Waals surface area contributed by atoms with E-state index in [1.54, 1.807) is 0 Å². The van der Waals surface area contributed by atoms with Gasteiger partial charge in [-0.25, -0.2) is 0 Å². The molecule has 0 aliphatic heterocycles. The molecule has 0 saturated heterocycles. The standard InChI is InChI=1S/C22H50N2.2ClH/c1-7-23(8-2,9-3)21-19-17-15-13-14-16-18-20-22-24(10-4,11-5)12-6;;/h7-22H2,1-6H3;2*1H/q+2;;/p-2. The van der Waals surface area contributed by atoms with Crippen LogP contribution in [0, 0.1) is 0 Å². The van der Waals surface area contributed by atoms with E-state index >= 15 is 0 Å². The van der Waals surface area contributed by atoms with Crippen LogP contribution in [0.3, 0.4) is 0 Å². The smallest absolute Gasteiger partial charge is 0.0786 e. The number of unbranched alkanes of at least 4 members (excludes halogenated alkanes) is 7. The van der Waals surface area contributed by atoms with Gasteiger partial charge in [-0.15, -0.1) is 0 Å². The average molecular weight is 414 g/mol. The van der Waals surface area contributed by atoms with Crippen LogP contribution in [0.2, 0.25) is 0 Å². The first-order chi connectivity index (χ1) is 11.6. The zero-order valence-electron chi connectivity index (χ0n) is 19.0. The third kappa shape index (κ3) is 12.1. The quantitative estimate of drug-likeness (QED) is 0.230. The van der Waals surface area contributed by atoms with Crippen molar-refractivity contribution in [2.45, 2.75) is 92.9 Å². The lowest BCUT2D eigenvalue weighted by atomic mass is 10.1. The molecule has 0 aliphatic rings. The van der Waals surface area contributed by atoms with Crippen LogP contribution < -0.4 is 24.8 Å². The first-order valence-electron chi connectivity index (χ1n) is 11.3. The Morgan fingerprint density at radius 1 is 0.346 bits per heavy atom. The highest BCUT2D eigenvalue weighted by atomic mass is 35.5. The first kappa shape index (κ1) is 31.2. The van der Waals surface area contributed by atoms with Crippen molar-refractivity contribution in [2.24, 2.45) is 0 Å². The summed E-state index contributed by atoms with van der Waals surface area (Å²) in [6.07, 6.45) is 11.6. The lowest BCUT2D eigenvalue weighted by Crippen LogP contribution is -3.00. The van der Waals surface area contributed by atoms with Gasteiger partial charge in [0.1, 0.15) is 0 Å². The molecule has 0 rings (SSSR count). The van der Waals surface area contributed by atoms with Gasteiger partial charge in [-0.2, -0.15) is 0 Å². The van der Waals surface area contributed by atoms with Crippen LogP contribution >= 0.6 is 0 Å². The second kappa shape index (κ2) is 18.8. The highest BCUT2D eigenvalue weighted by Crippen LogP contribution is 2.14. The second-order valence-electron chi connectivity index (χ2n) is 7.86. The van der Waals surface area contributed by atoms with Crippen molar-refractivity contribution in [3.63, 3.8) is 0 Å². The van der Waals surface area contributed by atoms with Crippen LogP contribution in [0.5, 0.6) is 0 Å². The fraction of sp³-hybridized carbons (Fsp3) is 1.00. The zero-order chi connectivity index (χ0) is 18.3. The summed E-state index contributed by atoms with van der Waals surface area (Å²) < 4.78 is 2.65. The van der Waals surface area contributed by atoms with E-state index in [-0.39, 0.29) is 24.8 Å². The molecule has 0 atom stereocenters. The molecule has 0 heterocycles. The molecule has 0 fully saturated rings. The first-order valence-corrected chi connectivity index (χ1v) is 11.3. The molecule has 0 radical (unpaired) electrons. The summed E-state index contributed by atoms with van der Waals surface area (Å²) in [7, 11) is 0. The van der Waals surface area contributed by atoms with Crippen molar-refractivity contribution in [2.75, 3.05) is 52.4 Å². The van der Waals surface area contributed by atoms with Gasteiger partial charge in [0.25, 0.3) is 0 Å².